The number of aryl methyl sites for hydroxylation is 2. The van der Waals surface area contributed by atoms with Crippen LogP contribution in [0.15, 0.2) is 18.2 Å². The lowest BCUT2D eigenvalue weighted by Crippen LogP contribution is -2.13. The van der Waals surface area contributed by atoms with Crippen molar-refractivity contribution in [1.82, 2.24) is 9.78 Å². The van der Waals surface area contributed by atoms with E-state index in [2.05, 4.69) is 25.0 Å². The summed E-state index contributed by atoms with van der Waals surface area (Å²) < 4.78 is 8.02. The van der Waals surface area contributed by atoms with Gasteiger partial charge in [0.05, 0.1) is 23.9 Å². The van der Waals surface area contributed by atoms with Crippen LogP contribution in [-0.2, 0) is 19.4 Å². The number of nitrogens with zero attached hydrogens (tertiary/aromatic N) is 3. The number of hydrogen-bond acceptors (Lipinski definition) is 4. The first kappa shape index (κ1) is 16.1. The predicted molar refractivity (Wildman–Crippen MR) is 86.0 cm³/mol. The summed E-state index contributed by atoms with van der Waals surface area (Å²) in [6.45, 7) is 7.30. The molecule has 5 heteroatoms. The molecule has 1 aromatic carbocycles. The van der Waals surface area contributed by atoms with Gasteiger partial charge in [-0.05, 0) is 43.5 Å². The zero-order valence-corrected chi connectivity index (χ0v) is 13.4. The van der Waals surface area contributed by atoms with Crippen LogP contribution < -0.4 is 10.5 Å². The van der Waals surface area contributed by atoms with Gasteiger partial charge in [-0.2, -0.15) is 10.4 Å². The Kier molecular flexibility index (Phi) is 5.18. The van der Waals surface area contributed by atoms with Crippen molar-refractivity contribution < 1.29 is 4.74 Å². The molecule has 1 aromatic heterocycles. The molecule has 0 aliphatic rings. The first-order valence-electron chi connectivity index (χ1n) is 7.61. The van der Waals surface area contributed by atoms with Crippen molar-refractivity contribution in [2.24, 2.45) is 5.73 Å². The molecule has 2 aromatic rings. The van der Waals surface area contributed by atoms with E-state index < -0.39 is 0 Å². The molecule has 1 heterocycles. The maximum atomic E-state index is 9.09. The highest BCUT2D eigenvalue weighted by atomic mass is 16.5. The second-order valence-electron chi connectivity index (χ2n) is 5.19. The molecule has 0 saturated heterocycles. The summed E-state index contributed by atoms with van der Waals surface area (Å²) in [6.07, 6.45) is 1.61. The lowest BCUT2D eigenvalue weighted by molar-refractivity contribution is 0.467. The minimum Gasteiger partial charge on any atom is -0.453 e. The fraction of sp³-hybridized carbons (Fsp3) is 0.412. The van der Waals surface area contributed by atoms with E-state index in [4.69, 9.17) is 15.7 Å². The van der Waals surface area contributed by atoms with Crippen molar-refractivity contribution in [1.29, 1.82) is 5.26 Å². The summed E-state index contributed by atoms with van der Waals surface area (Å²) in [4.78, 5) is 0. The van der Waals surface area contributed by atoms with Crippen LogP contribution in [0, 0.1) is 18.3 Å². The van der Waals surface area contributed by atoms with Gasteiger partial charge in [0.1, 0.15) is 11.4 Å². The van der Waals surface area contributed by atoms with Crippen molar-refractivity contribution in [3.05, 3.63) is 40.7 Å². The Morgan fingerprint density at radius 1 is 1.27 bits per heavy atom. The van der Waals surface area contributed by atoms with E-state index in [0.29, 0.717) is 24.4 Å². The normalized spacial score (nSPS) is 10.5. The zero-order valence-electron chi connectivity index (χ0n) is 13.4. The third kappa shape index (κ3) is 3.29. The Hall–Kier alpha value is -2.32. The fourth-order valence-electron chi connectivity index (χ4n) is 2.52. The van der Waals surface area contributed by atoms with E-state index in [0.717, 1.165) is 35.5 Å². The molecule has 0 atom stereocenters. The number of nitriles is 1. The maximum absolute atomic E-state index is 9.09. The summed E-state index contributed by atoms with van der Waals surface area (Å²) in [5.74, 6) is 1.47. The largest absolute Gasteiger partial charge is 0.453 e. The molecule has 0 aliphatic carbocycles. The summed E-state index contributed by atoms with van der Waals surface area (Å²) in [5.41, 5.74) is 9.22. The van der Waals surface area contributed by atoms with Gasteiger partial charge in [0.15, 0.2) is 5.75 Å². The van der Waals surface area contributed by atoms with E-state index in [-0.39, 0.29) is 0 Å². The Balaban J connectivity index is 2.44. The topological polar surface area (TPSA) is 76.9 Å². The fourth-order valence-corrected chi connectivity index (χ4v) is 2.52. The van der Waals surface area contributed by atoms with Gasteiger partial charge in [-0.15, -0.1) is 0 Å². The molecular formula is C17H22N4O. The SMILES string of the molecule is CCc1nn(CCN)c(CC)c1Oc1cc(C)cc(C#N)c1. The van der Waals surface area contributed by atoms with Crippen LogP contribution in [0.5, 0.6) is 11.5 Å². The van der Waals surface area contributed by atoms with Crippen LogP contribution in [0.25, 0.3) is 0 Å². The molecule has 0 spiro atoms. The summed E-state index contributed by atoms with van der Waals surface area (Å²) in [7, 11) is 0. The molecule has 0 unspecified atom stereocenters. The maximum Gasteiger partial charge on any atom is 0.171 e. The van der Waals surface area contributed by atoms with Gasteiger partial charge in [0, 0.05) is 6.54 Å². The summed E-state index contributed by atoms with van der Waals surface area (Å²) >= 11 is 0. The first-order chi connectivity index (χ1) is 10.6. The molecule has 2 rings (SSSR count). The second-order valence-corrected chi connectivity index (χ2v) is 5.19. The number of aromatic nitrogens is 2. The van der Waals surface area contributed by atoms with Gasteiger partial charge < -0.3 is 10.5 Å². The van der Waals surface area contributed by atoms with E-state index >= 15 is 0 Å². The molecule has 0 saturated carbocycles. The molecule has 5 nitrogen and oxygen atoms in total. The predicted octanol–water partition coefficient (Wildman–Crippen LogP) is 2.94. The standard InChI is InChI=1S/C17H22N4O/c1-4-15-17(16(5-2)21(20-15)7-6-18)22-14-9-12(3)8-13(10-14)11-19/h8-10H,4-7,18H2,1-3H3. The highest BCUT2D eigenvalue weighted by Crippen LogP contribution is 2.31. The highest BCUT2D eigenvalue weighted by Gasteiger charge is 2.17. The molecule has 0 bridgehead atoms. The van der Waals surface area contributed by atoms with E-state index in [1.54, 1.807) is 6.07 Å². The molecule has 0 amide bonds. The Morgan fingerprint density at radius 2 is 2.05 bits per heavy atom. The van der Waals surface area contributed by atoms with E-state index in [1.165, 1.54) is 0 Å². The molecule has 0 fully saturated rings. The number of ether oxygens (including phenoxy) is 1. The Labute approximate surface area is 131 Å². The average molecular weight is 298 g/mol. The highest BCUT2D eigenvalue weighted by molar-refractivity contribution is 5.44. The first-order valence-corrected chi connectivity index (χ1v) is 7.61. The number of rotatable bonds is 6. The Bertz CT molecular complexity index is 697. The van der Waals surface area contributed by atoms with Crippen molar-refractivity contribution >= 4 is 0 Å². The summed E-state index contributed by atoms with van der Waals surface area (Å²) in [6, 6.07) is 7.69. The van der Waals surface area contributed by atoms with E-state index in [1.807, 2.05) is 23.7 Å². The van der Waals surface area contributed by atoms with Crippen LogP contribution in [-0.4, -0.2) is 16.3 Å². The molecule has 2 N–H and O–H groups in total. The summed E-state index contributed by atoms with van der Waals surface area (Å²) in [5, 5.41) is 13.7. The lowest BCUT2D eigenvalue weighted by Gasteiger charge is -2.10. The number of nitrogens with two attached hydrogens (primary N) is 1. The van der Waals surface area contributed by atoms with E-state index in [9.17, 15) is 0 Å². The molecule has 0 aliphatic heterocycles. The minimum atomic E-state index is 0.542. The van der Waals surface area contributed by atoms with Crippen molar-refractivity contribution in [3.8, 4) is 17.6 Å². The number of benzene rings is 1. The van der Waals surface area contributed by atoms with Crippen molar-refractivity contribution in [3.63, 3.8) is 0 Å². The zero-order chi connectivity index (χ0) is 16.1. The van der Waals surface area contributed by atoms with Crippen LogP contribution >= 0.6 is 0 Å². The van der Waals surface area contributed by atoms with Crippen LogP contribution in [0.1, 0.15) is 36.4 Å². The molecule has 22 heavy (non-hydrogen) atoms. The quantitative estimate of drug-likeness (QED) is 0.889. The molecule has 0 radical (unpaired) electrons. The third-order valence-electron chi connectivity index (χ3n) is 3.49. The third-order valence-corrected chi connectivity index (χ3v) is 3.49. The number of hydrogen-bond donors (Lipinski definition) is 1. The van der Waals surface area contributed by atoms with Gasteiger partial charge in [-0.1, -0.05) is 13.8 Å². The molecular weight excluding hydrogens is 276 g/mol. The van der Waals surface area contributed by atoms with Gasteiger partial charge in [-0.3, -0.25) is 4.68 Å². The lowest BCUT2D eigenvalue weighted by atomic mass is 10.1. The smallest absolute Gasteiger partial charge is 0.171 e. The van der Waals surface area contributed by atoms with Gasteiger partial charge in [-0.25, -0.2) is 0 Å². The van der Waals surface area contributed by atoms with Crippen molar-refractivity contribution in [2.75, 3.05) is 6.54 Å². The Morgan fingerprint density at radius 3 is 2.64 bits per heavy atom. The van der Waals surface area contributed by atoms with Crippen molar-refractivity contribution in [2.45, 2.75) is 40.2 Å². The van der Waals surface area contributed by atoms with Crippen LogP contribution in [0.4, 0.5) is 0 Å². The minimum absolute atomic E-state index is 0.542. The van der Waals surface area contributed by atoms with Gasteiger partial charge >= 0.3 is 0 Å². The average Bonchev–Trinajstić information content (AvgIpc) is 2.83. The monoisotopic (exact) mass is 298 g/mol. The van der Waals surface area contributed by atoms with Crippen LogP contribution in [0.2, 0.25) is 0 Å². The van der Waals surface area contributed by atoms with Crippen LogP contribution in [0.3, 0.4) is 0 Å². The van der Waals surface area contributed by atoms with Gasteiger partial charge in [0.25, 0.3) is 0 Å². The molecule has 116 valence electrons. The second kappa shape index (κ2) is 7.10. The van der Waals surface area contributed by atoms with Gasteiger partial charge in [0.2, 0.25) is 0 Å².